The molecule has 0 aliphatic rings. The van der Waals surface area contributed by atoms with Crippen LogP contribution in [0, 0.1) is 0 Å². The van der Waals surface area contributed by atoms with Crippen molar-refractivity contribution >= 4 is 22.8 Å². The van der Waals surface area contributed by atoms with E-state index in [9.17, 15) is 4.21 Å². The fraction of sp³-hybridized carbons (Fsp3) is 0.333. The predicted octanol–water partition coefficient (Wildman–Crippen LogP) is 1.39. The Kier molecular flexibility index (Phi) is 4.78. The molecule has 0 bridgehead atoms. The first-order valence-corrected chi connectivity index (χ1v) is 7.70. The van der Waals surface area contributed by atoms with Gasteiger partial charge in [0.2, 0.25) is 0 Å². The van der Waals surface area contributed by atoms with Crippen molar-refractivity contribution in [2.45, 2.75) is 12.8 Å². The van der Waals surface area contributed by atoms with Crippen LogP contribution in [0.15, 0.2) is 30.3 Å². The van der Waals surface area contributed by atoms with Gasteiger partial charge in [0.15, 0.2) is 0 Å². The molecule has 5 heteroatoms. The van der Waals surface area contributed by atoms with Crippen LogP contribution in [-0.4, -0.2) is 29.8 Å². The Balaban J connectivity index is 2.23. The van der Waals surface area contributed by atoms with Crippen molar-refractivity contribution in [1.82, 2.24) is 0 Å². The van der Waals surface area contributed by atoms with Crippen LogP contribution in [0.4, 0.5) is 0 Å². The summed E-state index contributed by atoms with van der Waals surface area (Å²) in [6.45, 7) is 0.289. The Bertz CT molecular complexity index is 361. The third kappa shape index (κ3) is 5.52. The molecule has 0 heterocycles. The predicted molar refractivity (Wildman–Crippen MR) is 57.2 cm³/mol. The van der Waals surface area contributed by atoms with Crippen molar-refractivity contribution < 1.29 is 12.9 Å². The zero-order valence-electron chi connectivity index (χ0n) is 7.59. The van der Waals surface area contributed by atoms with Crippen molar-refractivity contribution in [2.75, 3.05) is 6.61 Å². The second-order valence-corrected chi connectivity index (χ2v) is 6.58. The van der Waals surface area contributed by atoms with Gasteiger partial charge in [-0.3, -0.25) is 0 Å². The Hall–Kier alpha value is -0.191. The Morgan fingerprint density at radius 1 is 1.36 bits per heavy atom. The number of rotatable bonds is 5. The van der Waals surface area contributed by atoms with Crippen LogP contribution in [0.5, 0.6) is 0 Å². The van der Waals surface area contributed by atoms with E-state index in [1.54, 1.807) is 0 Å². The van der Waals surface area contributed by atoms with Crippen LogP contribution < -0.4 is 0 Å². The molecule has 1 rings (SSSR count). The Morgan fingerprint density at radius 3 is 2.57 bits per heavy atom. The van der Waals surface area contributed by atoms with E-state index in [1.807, 2.05) is 30.3 Å². The summed E-state index contributed by atoms with van der Waals surface area (Å²) in [6.07, 6.45) is 1.60. The SMILES string of the molecule is O=S(O)(=[Se])OCCCc1ccccc1. The van der Waals surface area contributed by atoms with Gasteiger partial charge in [0, 0.05) is 0 Å². The van der Waals surface area contributed by atoms with Crippen molar-refractivity contribution in [3.05, 3.63) is 35.9 Å². The van der Waals surface area contributed by atoms with E-state index in [0.717, 1.165) is 12.8 Å². The van der Waals surface area contributed by atoms with Gasteiger partial charge in [-0.1, -0.05) is 0 Å². The summed E-state index contributed by atoms with van der Waals surface area (Å²) in [7, 11) is -3.15. The molecule has 0 amide bonds. The first-order valence-electron chi connectivity index (χ1n) is 4.24. The molecule has 0 aliphatic carbocycles. The van der Waals surface area contributed by atoms with Crippen LogP contribution in [0.3, 0.4) is 0 Å². The molecule has 0 saturated carbocycles. The molecular weight excluding hydrogens is 267 g/mol. The fourth-order valence-corrected chi connectivity index (χ4v) is 1.84. The molecule has 1 N–H and O–H groups in total. The second kappa shape index (κ2) is 5.63. The van der Waals surface area contributed by atoms with Gasteiger partial charge in [-0.15, -0.1) is 0 Å². The van der Waals surface area contributed by atoms with Gasteiger partial charge >= 0.3 is 91.1 Å². The maximum absolute atomic E-state index is 10.7. The topological polar surface area (TPSA) is 46.5 Å². The van der Waals surface area contributed by atoms with E-state index in [4.69, 9.17) is 4.55 Å². The van der Waals surface area contributed by atoms with Gasteiger partial charge in [0.1, 0.15) is 0 Å². The molecule has 3 nitrogen and oxygen atoms in total. The molecule has 0 aromatic heterocycles. The monoisotopic (exact) mass is 280 g/mol. The summed E-state index contributed by atoms with van der Waals surface area (Å²) in [5.74, 6) is 0. The zero-order chi connectivity index (χ0) is 10.4. The summed E-state index contributed by atoms with van der Waals surface area (Å²) in [4.78, 5) is 0. The second-order valence-electron chi connectivity index (χ2n) is 2.84. The van der Waals surface area contributed by atoms with Crippen LogP contribution >= 0.6 is 0 Å². The van der Waals surface area contributed by atoms with Gasteiger partial charge < -0.3 is 0 Å². The molecule has 0 radical (unpaired) electrons. The summed E-state index contributed by atoms with van der Waals surface area (Å²) in [5.41, 5.74) is 1.21. The molecule has 1 atom stereocenters. The van der Waals surface area contributed by atoms with Crippen LogP contribution in [0.2, 0.25) is 0 Å². The summed E-state index contributed by atoms with van der Waals surface area (Å²) < 4.78 is 24.1. The summed E-state index contributed by atoms with van der Waals surface area (Å²) in [6, 6.07) is 9.95. The maximum atomic E-state index is 10.7. The minimum atomic E-state index is -3.15. The van der Waals surface area contributed by atoms with E-state index in [2.05, 4.69) is 18.6 Å². The van der Waals surface area contributed by atoms with Crippen LogP contribution in [0.1, 0.15) is 12.0 Å². The fourth-order valence-electron chi connectivity index (χ4n) is 1.09. The normalized spacial score (nSPS) is 14.9. The van der Waals surface area contributed by atoms with Crippen molar-refractivity contribution in [1.29, 1.82) is 0 Å². The molecular formula is C9H12O3SSe. The van der Waals surface area contributed by atoms with Crippen molar-refractivity contribution in [3.63, 3.8) is 0 Å². The van der Waals surface area contributed by atoms with Gasteiger partial charge in [-0.25, -0.2) is 0 Å². The average molecular weight is 279 g/mol. The molecule has 14 heavy (non-hydrogen) atoms. The quantitative estimate of drug-likeness (QED) is 0.654. The third-order valence-electron chi connectivity index (χ3n) is 1.68. The molecule has 1 aromatic rings. The number of hydrogen-bond acceptors (Lipinski definition) is 2. The molecule has 0 spiro atoms. The molecule has 1 aromatic carbocycles. The van der Waals surface area contributed by atoms with E-state index in [-0.39, 0.29) is 6.61 Å². The Labute approximate surface area is 91.2 Å². The summed E-state index contributed by atoms with van der Waals surface area (Å²) >= 11 is 2.08. The number of benzene rings is 1. The third-order valence-corrected chi connectivity index (χ3v) is 2.76. The number of hydrogen-bond donors (Lipinski definition) is 1. The summed E-state index contributed by atoms with van der Waals surface area (Å²) in [5, 5.41) is 0. The van der Waals surface area contributed by atoms with Crippen molar-refractivity contribution in [3.8, 4) is 0 Å². The van der Waals surface area contributed by atoms with Gasteiger partial charge in [-0.2, -0.15) is 0 Å². The van der Waals surface area contributed by atoms with Gasteiger partial charge in [-0.05, 0) is 0 Å². The van der Waals surface area contributed by atoms with Crippen molar-refractivity contribution in [2.24, 2.45) is 0 Å². The molecule has 0 aliphatic heterocycles. The number of aryl methyl sites for hydroxylation is 1. The minimum absolute atomic E-state index is 0.289. The first-order chi connectivity index (χ1) is 6.58. The Morgan fingerprint density at radius 2 is 2.00 bits per heavy atom. The van der Waals surface area contributed by atoms with E-state index in [1.165, 1.54) is 5.56 Å². The zero-order valence-corrected chi connectivity index (χ0v) is 10.1. The van der Waals surface area contributed by atoms with E-state index < -0.39 is 8.42 Å². The van der Waals surface area contributed by atoms with Crippen LogP contribution in [-0.2, 0) is 19.0 Å². The molecule has 0 fully saturated rings. The van der Waals surface area contributed by atoms with Gasteiger partial charge in [0.25, 0.3) is 0 Å². The van der Waals surface area contributed by atoms with E-state index in [0.29, 0.717) is 0 Å². The molecule has 78 valence electrons. The van der Waals surface area contributed by atoms with Gasteiger partial charge in [0.05, 0.1) is 0 Å². The van der Waals surface area contributed by atoms with E-state index >= 15 is 0 Å². The molecule has 1 unspecified atom stereocenters. The first kappa shape index (κ1) is 11.9. The molecule has 0 saturated heterocycles. The van der Waals surface area contributed by atoms with Crippen LogP contribution in [0.25, 0.3) is 0 Å². The average Bonchev–Trinajstić information content (AvgIpc) is 2.13. The standard InChI is InChI=1S/C9H12O3SSe/c10-13(11,14)12-8-4-7-9-5-2-1-3-6-9/h1-3,5-6H,4,7-8H2,(H,10,11,14).